The Morgan fingerprint density at radius 1 is 1.56 bits per heavy atom. The maximum absolute atomic E-state index is 9.63. The van der Waals surface area contributed by atoms with Crippen LogP contribution < -0.4 is 5.32 Å². The summed E-state index contributed by atoms with van der Waals surface area (Å²) >= 11 is 0. The Balaban J connectivity index is 2.53. The molecule has 0 spiro atoms. The van der Waals surface area contributed by atoms with E-state index in [4.69, 9.17) is 4.74 Å². The van der Waals surface area contributed by atoms with Crippen LogP contribution in [-0.2, 0) is 4.74 Å². The van der Waals surface area contributed by atoms with Gasteiger partial charge in [-0.15, -0.1) is 0 Å². The summed E-state index contributed by atoms with van der Waals surface area (Å²) in [6.45, 7) is 3.95. The lowest BCUT2D eigenvalue weighted by molar-refractivity contribution is 0.0633. The summed E-state index contributed by atoms with van der Waals surface area (Å²) in [6, 6.07) is 0.378. The second-order valence-corrected chi connectivity index (χ2v) is 5.06. The number of rotatable bonds is 8. The first kappa shape index (κ1) is 13.9. The second kappa shape index (κ2) is 5.96. The van der Waals surface area contributed by atoms with Crippen molar-refractivity contribution in [1.82, 2.24) is 10.2 Å². The maximum atomic E-state index is 9.63. The zero-order valence-corrected chi connectivity index (χ0v) is 11.0. The molecule has 1 aliphatic carbocycles. The molecule has 0 saturated heterocycles. The fourth-order valence-corrected chi connectivity index (χ4v) is 2.28. The average molecular weight is 230 g/mol. The summed E-state index contributed by atoms with van der Waals surface area (Å²) in [5.74, 6) is 0.625. The van der Waals surface area contributed by atoms with Gasteiger partial charge in [-0.2, -0.15) is 0 Å². The van der Waals surface area contributed by atoms with Crippen molar-refractivity contribution >= 4 is 0 Å². The third-order valence-corrected chi connectivity index (χ3v) is 3.83. The van der Waals surface area contributed by atoms with Crippen LogP contribution in [0, 0.1) is 5.92 Å². The molecule has 16 heavy (non-hydrogen) atoms. The van der Waals surface area contributed by atoms with Crippen LogP contribution >= 0.6 is 0 Å². The molecule has 0 heterocycles. The Kier molecular flexibility index (Phi) is 5.18. The number of methoxy groups -OCH3 is 1. The van der Waals surface area contributed by atoms with Crippen molar-refractivity contribution in [3.8, 4) is 0 Å². The molecule has 2 unspecified atom stereocenters. The minimum Gasteiger partial charge on any atom is -0.394 e. The molecule has 1 aliphatic rings. The summed E-state index contributed by atoms with van der Waals surface area (Å²) in [4.78, 5) is 2.26. The van der Waals surface area contributed by atoms with Crippen molar-refractivity contribution in [3.05, 3.63) is 0 Å². The highest BCUT2D eigenvalue weighted by atomic mass is 16.5. The van der Waals surface area contributed by atoms with Gasteiger partial charge in [-0.25, -0.2) is 0 Å². The van der Waals surface area contributed by atoms with Gasteiger partial charge in [0.1, 0.15) is 0 Å². The molecule has 0 aromatic rings. The molecule has 4 heteroatoms. The van der Waals surface area contributed by atoms with Gasteiger partial charge in [0.2, 0.25) is 0 Å². The van der Waals surface area contributed by atoms with Crippen LogP contribution in [0.25, 0.3) is 0 Å². The highest BCUT2D eigenvalue weighted by Gasteiger charge is 2.44. The van der Waals surface area contributed by atoms with Crippen molar-refractivity contribution in [1.29, 1.82) is 0 Å². The lowest BCUT2D eigenvalue weighted by Crippen LogP contribution is -2.57. The fourth-order valence-electron chi connectivity index (χ4n) is 2.28. The van der Waals surface area contributed by atoms with E-state index in [0.717, 1.165) is 13.2 Å². The quantitative estimate of drug-likeness (QED) is 0.630. The Bertz CT molecular complexity index is 203. The lowest BCUT2D eigenvalue weighted by Gasteiger charge is -2.38. The van der Waals surface area contributed by atoms with Crippen LogP contribution in [0.3, 0.4) is 0 Å². The third-order valence-electron chi connectivity index (χ3n) is 3.83. The summed E-state index contributed by atoms with van der Waals surface area (Å²) in [6.07, 6.45) is 2.46. The van der Waals surface area contributed by atoms with Crippen LogP contribution in [0.15, 0.2) is 0 Å². The number of hydrogen-bond acceptors (Lipinski definition) is 4. The molecular formula is C12H26N2O2. The zero-order valence-electron chi connectivity index (χ0n) is 11.0. The van der Waals surface area contributed by atoms with Crippen molar-refractivity contribution < 1.29 is 9.84 Å². The Labute approximate surface area is 99.0 Å². The topological polar surface area (TPSA) is 44.7 Å². The van der Waals surface area contributed by atoms with E-state index in [1.165, 1.54) is 12.8 Å². The van der Waals surface area contributed by atoms with Crippen molar-refractivity contribution in [2.75, 3.05) is 41.0 Å². The Morgan fingerprint density at radius 3 is 2.56 bits per heavy atom. The molecule has 0 aromatic carbocycles. The Morgan fingerprint density at radius 2 is 2.19 bits per heavy atom. The first-order valence-corrected chi connectivity index (χ1v) is 6.08. The van der Waals surface area contributed by atoms with Gasteiger partial charge < -0.3 is 15.2 Å². The third kappa shape index (κ3) is 3.17. The molecule has 0 aromatic heterocycles. The number of aliphatic hydroxyl groups is 1. The molecule has 2 N–H and O–H groups in total. The minimum absolute atomic E-state index is 0.128. The van der Waals surface area contributed by atoms with E-state index in [9.17, 15) is 5.11 Å². The van der Waals surface area contributed by atoms with E-state index in [0.29, 0.717) is 12.0 Å². The van der Waals surface area contributed by atoms with Crippen LogP contribution in [0.2, 0.25) is 0 Å². The van der Waals surface area contributed by atoms with Crippen LogP contribution in [-0.4, -0.2) is 62.6 Å². The van der Waals surface area contributed by atoms with E-state index in [1.807, 2.05) is 7.05 Å². The minimum atomic E-state index is -0.128. The molecule has 0 amide bonds. The van der Waals surface area contributed by atoms with Crippen LogP contribution in [0.1, 0.15) is 19.8 Å². The number of nitrogens with zero attached hydrogens (tertiary/aromatic N) is 1. The van der Waals surface area contributed by atoms with E-state index in [1.54, 1.807) is 7.11 Å². The molecule has 2 atom stereocenters. The van der Waals surface area contributed by atoms with Gasteiger partial charge in [0.15, 0.2) is 0 Å². The first-order chi connectivity index (χ1) is 7.59. The number of aliphatic hydroxyl groups excluding tert-OH is 1. The predicted octanol–water partition coefficient (Wildman–Crippen LogP) is 0.314. The van der Waals surface area contributed by atoms with Gasteiger partial charge in [-0.05, 0) is 39.8 Å². The largest absolute Gasteiger partial charge is 0.394 e. The van der Waals surface area contributed by atoms with Gasteiger partial charge >= 0.3 is 0 Å². The van der Waals surface area contributed by atoms with E-state index in [2.05, 4.69) is 24.2 Å². The molecule has 1 saturated carbocycles. The second-order valence-electron chi connectivity index (χ2n) is 5.06. The van der Waals surface area contributed by atoms with E-state index >= 15 is 0 Å². The number of likely N-dealkylation sites (N-methyl/N-ethyl adjacent to an activating group) is 2. The standard InChI is InChI=1S/C12H26N2O2/c1-10(7-16-4)14(3)8-12(9-15,13-2)11-5-6-11/h10-11,13,15H,5-9H2,1-4H3. The Hall–Kier alpha value is -0.160. The van der Waals surface area contributed by atoms with Gasteiger partial charge in [-0.3, -0.25) is 4.90 Å². The molecular weight excluding hydrogens is 204 g/mol. The summed E-state index contributed by atoms with van der Waals surface area (Å²) in [7, 11) is 5.76. The average Bonchev–Trinajstić information content (AvgIpc) is 3.10. The molecule has 0 radical (unpaired) electrons. The molecule has 0 aliphatic heterocycles. The van der Waals surface area contributed by atoms with Gasteiger partial charge in [-0.1, -0.05) is 0 Å². The molecule has 4 nitrogen and oxygen atoms in total. The first-order valence-electron chi connectivity index (χ1n) is 6.08. The van der Waals surface area contributed by atoms with Gasteiger partial charge in [0.05, 0.1) is 18.8 Å². The number of ether oxygens (including phenoxy) is 1. The highest BCUT2D eigenvalue weighted by Crippen LogP contribution is 2.39. The van der Waals surface area contributed by atoms with Crippen molar-refractivity contribution in [2.24, 2.45) is 5.92 Å². The lowest BCUT2D eigenvalue weighted by atomic mass is 9.93. The normalized spacial score (nSPS) is 22.1. The smallest absolute Gasteiger partial charge is 0.0628 e. The molecule has 1 rings (SSSR count). The monoisotopic (exact) mass is 230 g/mol. The predicted molar refractivity (Wildman–Crippen MR) is 65.6 cm³/mol. The van der Waals surface area contributed by atoms with Crippen molar-refractivity contribution in [3.63, 3.8) is 0 Å². The zero-order chi connectivity index (χ0) is 12.2. The SMILES string of the molecule is CNC(CO)(CN(C)C(C)COC)C1CC1. The van der Waals surface area contributed by atoms with E-state index < -0.39 is 0 Å². The molecule has 1 fully saturated rings. The van der Waals surface area contributed by atoms with Gasteiger partial charge in [0, 0.05) is 19.7 Å². The van der Waals surface area contributed by atoms with Crippen LogP contribution in [0.5, 0.6) is 0 Å². The summed E-state index contributed by atoms with van der Waals surface area (Å²) in [5.41, 5.74) is -0.128. The fraction of sp³-hybridized carbons (Fsp3) is 1.00. The summed E-state index contributed by atoms with van der Waals surface area (Å²) in [5, 5.41) is 12.9. The summed E-state index contributed by atoms with van der Waals surface area (Å²) < 4.78 is 5.16. The molecule has 96 valence electrons. The maximum Gasteiger partial charge on any atom is 0.0628 e. The van der Waals surface area contributed by atoms with E-state index in [-0.39, 0.29) is 12.1 Å². The van der Waals surface area contributed by atoms with Crippen molar-refractivity contribution in [2.45, 2.75) is 31.3 Å². The van der Waals surface area contributed by atoms with Crippen LogP contribution in [0.4, 0.5) is 0 Å². The van der Waals surface area contributed by atoms with Gasteiger partial charge in [0.25, 0.3) is 0 Å². The number of nitrogens with one attached hydrogen (secondary N) is 1. The number of hydrogen-bond donors (Lipinski definition) is 2. The molecule has 0 bridgehead atoms. The highest BCUT2D eigenvalue weighted by molar-refractivity contribution is 5.02.